The van der Waals surface area contributed by atoms with Crippen molar-refractivity contribution >= 4 is 11.9 Å². The van der Waals surface area contributed by atoms with Gasteiger partial charge < -0.3 is 15.5 Å². The Morgan fingerprint density at radius 3 is 2.48 bits per heavy atom. The van der Waals surface area contributed by atoms with Gasteiger partial charge in [-0.2, -0.15) is 0 Å². The summed E-state index contributed by atoms with van der Waals surface area (Å²) < 4.78 is 13.1. The van der Waals surface area contributed by atoms with Gasteiger partial charge in [0.2, 0.25) is 0 Å². The second-order valence-electron chi connectivity index (χ2n) is 6.19. The van der Waals surface area contributed by atoms with Gasteiger partial charge in [0.25, 0.3) is 5.91 Å². The van der Waals surface area contributed by atoms with Gasteiger partial charge in [-0.25, -0.2) is 4.39 Å². The van der Waals surface area contributed by atoms with Gasteiger partial charge in [-0.1, -0.05) is 20.8 Å². The van der Waals surface area contributed by atoms with E-state index in [-0.39, 0.29) is 23.1 Å². The molecule has 3 N–H and O–H groups in total. The maximum Gasteiger partial charge on any atom is 0.305 e. The van der Waals surface area contributed by atoms with Crippen molar-refractivity contribution in [3.05, 3.63) is 29.6 Å². The molecule has 21 heavy (non-hydrogen) atoms. The Labute approximate surface area is 122 Å². The Morgan fingerprint density at radius 2 is 1.95 bits per heavy atom. The van der Waals surface area contributed by atoms with Gasteiger partial charge in [-0.15, -0.1) is 0 Å². The van der Waals surface area contributed by atoms with E-state index in [2.05, 4.69) is 5.32 Å². The fourth-order valence-electron chi connectivity index (χ4n) is 2.08. The Balaban J connectivity index is 2.89. The molecule has 6 heteroatoms. The molecule has 1 atom stereocenters. The summed E-state index contributed by atoms with van der Waals surface area (Å²) in [5.74, 6) is -2.72. The zero-order chi connectivity index (χ0) is 16.2. The molecule has 1 aromatic rings. The number of rotatable bonds is 5. The summed E-state index contributed by atoms with van der Waals surface area (Å²) >= 11 is 0. The van der Waals surface area contributed by atoms with E-state index in [0.717, 1.165) is 18.2 Å². The fraction of sp³-hybridized carbons (Fsp3) is 0.467. The van der Waals surface area contributed by atoms with Crippen molar-refractivity contribution in [2.45, 2.75) is 39.7 Å². The Kier molecular flexibility index (Phi) is 5.29. The van der Waals surface area contributed by atoms with Crippen LogP contribution in [-0.4, -0.2) is 28.1 Å². The molecule has 0 aromatic heterocycles. The molecule has 0 spiro atoms. The highest BCUT2D eigenvalue weighted by Gasteiger charge is 2.24. The highest BCUT2D eigenvalue weighted by Crippen LogP contribution is 2.23. The number of aliphatic carboxylic acids is 1. The van der Waals surface area contributed by atoms with E-state index >= 15 is 0 Å². The van der Waals surface area contributed by atoms with Crippen molar-refractivity contribution in [2.75, 3.05) is 0 Å². The minimum Gasteiger partial charge on any atom is -0.507 e. The number of aromatic hydroxyl groups is 1. The first-order chi connectivity index (χ1) is 9.58. The Bertz CT molecular complexity index is 537. The van der Waals surface area contributed by atoms with Crippen molar-refractivity contribution in [2.24, 2.45) is 5.41 Å². The van der Waals surface area contributed by atoms with Gasteiger partial charge >= 0.3 is 5.97 Å². The summed E-state index contributed by atoms with van der Waals surface area (Å²) in [6.07, 6.45) is 0.209. The number of carboxylic acid groups (broad SMARTS) is 1. The maximum atomic E-state index is 13.1. The molecule has 0 bridgehead atoms. The number of nitrogens with one attached hydrogen (secondary N) is 1. The monoisotopic (exact) mass is 297 g/mol. The number of carbonyl (C=O) groups is 2. The molecule has 0 saturated carbocycles. The Morgan fingerprint density at radius 1 is 1.33 bits per heavy atom. The lowest BCUT2D eigenvalue weighted by Gasteiger charge is -2.26. The zero-order valence-corrected chi connectivity index (χ0v) is 12.3. The normalized spacial score (nSPS) is 12.8. The Hall–Kier alpha value is -2.11. The molecule has 1 aromatic carbocycles. The fourth-order valence-corrected chi connectivity index (χ4v) is 2.08. The lowest BCUT2D eigenvalue weighted by atomic mass is 9.87. The van der Waals surface area contributed by atoms with Crippen LogP contribution in [0.25, 0.3) is 0 Å². The molecule has 0 aliphatic heterocycles. The van der Waals surface area contributed by atoms with Crippen molar-refractivity contribution in [3.8, 4) is 5.75 Å². The molecule has 0 fully saturated rings. The molecular formula is C15H20FNO4. The average molecular weight is 297 g/mol. The molecule has 0 aliphatic carbocycles. The van der Waals surface area contributed by atoms with Crippen LogP contribution in [0.4, 0.5) is 4.39 Å². The van der Waals surface area contributed by atoms with E-state index in [1.54, 1.807) is 0 Å². The van der Waals surface area contributed by atoms with Crippen LogP contribution in [0.2, 0.25) is 0 Å². The zero-order valence-electron chi connectivity index (χ0n) is 12.3. The van der Waals surface area contributed by atoms with E-state index in [0.29, 0.717) is 6.42 Å². The average Bonchev–Trinajstić information content (AvgIpc) is 2.28. The third-order valence-corrected chi connectivity index (χ3v) is 2.82. The molecule has 0 heterocycles. The number of halogens is 1. The van der Waals surface area contributed by atoms with E-state index in [1.807, 2.05) is 20.8 Å². The summed E-state index contributed by atoms with van der Waals surface area (Å²) in [7, 11) is 0. The predicted molar refractivity (Wildman–Crippen MR) is 75.6 cm³/mol. The topological polar surface area (TPSA) is 86.6 Å². The van der Waals surface area contributed by atoms with Gasteiger partial charge in [0.05, 0.1) is 12.0 Å². The van der Waals surface area contributed by atoms with Crippen LogP contribution in [-0.2, 0) is 4.79 Å². The second kappa shape index (κ2) is 6.56. The van der Waals surface area contributed by atoms with E-state index in [4.69, 9.17) is 5.11 Å². The quantitative estimate of drug-likeness (QED) is 0.779. The lowest BCUT2D eigenvalue weighted by Crippen LogP contribution is -2.39. The van der Waals surface area contributed by atoms with Crippen molar-refractivity contribution in [3.63, 3.8) is 0 Å². The van der Waals surface area contributed by atoms with Crippen LogP contribution < -0.4 is 5.32 Å². The van der Waals surface area contributed by atoms with Crippen LogP contribution >= 0.6 is 0 Å². The van der Waals surface area contributed by atoms with E-state index < -0.39 is 23.7 Å². The number of phenolic OH excluding ortho intramolecular Hbond substituents is 1. The molecule has 0 aliphatic rings. The van der Waals surface area contributed by atoms with E-state index in [1.165, 1.54) is 0 Å². The largest absolute Gasteiger partial charge is 0.507 e. The summed E-state index contributed by atoms with van der Waals surface area (Å²) in [6.45, 7) is 5.77. The first kappa shape index (κ1) is 16.9. The third-order valence-electron chi connectivity index (χ3n) is 2.82. The number of amides is 1. The summed E-state index contributed by atoms with van der Waals surface area (Å²) in [6, 6.07) is 2.44. The lowest BCUT2D eigenvalue weighted by molar-refractivity contribution is -0.137. The van der Waals surface area contributed by atoms with Crippen LogP contribution in [0, 0.1) is 11.2 Å². The van der Waals surface area contributed by atoms with Crippen LogP contribution in [0.15, 0.2) is 18.2 Å². The molecule has 5 nitrogen and oxygen atoms in total. The summed E-state index contributed by atoms with van der Waals surface area (Å²) in [5.41, 5.74) is -0.392. The first-order valence-corrected chi connectivity index (χ1v) is 6.59. The standard InChI is InChI=1S/C15H20FNO4/c1-15(2,3)8-10(7-13(19)20)17-14(21)11-6-9(16)4-5-12(11)18/h4-6,10,18H,7-8H2,1-3H3,(H,17,21)(H,19,20). The number of phenols is 1. The van der Waals surface area contributed by atoms with Gasteiger partial charge in [-0.05, 0) is 30.0 Å². The van der Waals surface area contributed by atoms with Crippen LogP contribution in [0.3, 0.4) is 0 Å². The van der Waals surface area contributed by atoms with Crippen molar-refractivity contribution in [1.29, 1.82) is 0 Å². The minimum absolute atomic E-state index is 0.183. The first-order valence-electron chi connectivity index (χ1n) is 6.59. The number of carbonyl (C=O) groups excluding carboxylic acids is 1. The SMILES string of the molecule is CC(C)(C)CC(CC(=O)O)NC(=O)c1cc(F)ccc1O. The van der Waals surface area contributed by atoms with Crippen molar-refractivity contribution in [1.82, 2.24) is 5.32 Å². The molecule has 0 radical (unpaired) electrons. The van der Waals surface area contributed by atoms with Crippen LogP contribution in [0.1, 0.15) is 44.0 Å². The predicted octanol–water partition coefficient (Wildman–Crippen LogP) is 2.54. The van der Waals surface area contributed by atoms with E-state index in [9.17, 15) is 19.1 Å². The number of hydrogen-bond donors (Lipinski definition) is 3. The molecule has 1 rings (SSSR count). The number of benzene rings is 1. The summed E-state index contributed by atoms with van der Waals surface area (Å²) in [4.78, 5) is 22.9. The molecule has 0 saturated heterocycles. The highest BCUT2D eigenvalue weighted by atomic mass is 19.1. The second-order valence-corrected chi connectivity index (χ2v) is 6.19. The maximum absolute atomic E-state index is 13.1. The van der Waals surface area contributed by atoms with Crippen molar-refractivity contribution < 1.29 is 24.2 Å². The smallest absolute Gasteiger partial charge is 0.305 e. The molecular weight excluding hydrogens is 277 g/mol. The number of hydrogen-bond acceptors (Lipinski definition) is 3. The van der Waals surface area contributed by atoms with Gasteiger partial charge in [0, 0.05) is 6.04 Å². The molecule has 1 unspecified atom stereocenters. The third kappa shape index (κ3) is 5.81. The number of carboxylic acids is 1. The highest BCUT2D eigenvalue weighted by molar-refractivity contribution is 5.97. The molecule has 116 valence electrons. The molecule has 1 amide bonds. The summed E-state index contributed by atoms with van der Waals surface area (Å²) in [5, 5.41) is 21.0. The van der Waals surface area contributed by atoms with Gasteiger partial charge in [0.1, 0.15) is 11.6 Å². The van der Waals surface area contributed by atoms with Gasteiger partial charge in [-0.3, -0.25) is 9.59 Å². The van der Waals surface area contributed by atoms with Gasteiger partial charge in [0.15, 0.2) is 0 Å². The minimum atomic E-state index is -1.03. The van der Waals surface area contributed by atoms with Crippen LogP contribution in [0.5, 0.6) is 5.75 Å².